The van der Waals surface area contributed by atoms with Gasteiger partial charge in [-0.2, -0.15) is 0 Å². The number of thioether (sulfide) groups is 1. The van der Waals surface area contributed by atoms with Gasteiger partial charge in [0.25, 0.3) is 0 Å². The van der Waals surface area contributed by atoms with Gasteiger partial charge in [0.1, 0.15) is 0 Å². The van der Waals surface area contributed by atoms with Crippen LogP contribution in [0.5, 0.6) is 0 Å². The van der Waals surface area contributed by atoms with Gasteiger partial charge in [-0.3, -0.25) is 4.79 Å². The van der Waals surface area contributed by atoms with Gasteiger partial charge in [-0.25, -0.2) is 0 Å². The Bertz CT molecular complexity index is 786. The Morgan fingerprint density at radius 2 is 2.04 bits per heavy atom. The number of hydrogen-bond donors (Lipinski definition) is 0. The minimum Gasteiger partial charge on any atom is -0.468 e. The first kappa shape index (κ1) is 16.7. The number of benzene rings is 1. The zero-order valence-electron chi connectivity index (χ0n) is 13.2. The van der Waals surface area contributed by atoms with E-state index in [0.29, 0.717) is 0 Å². The number of nitrogens with zero attached hydrogens (tertiary/aromatic N) is 3. The molecule has 0 atom stereocenters. The van der Waals surface area contributed by atoms with Crippen LogP contribution >= 0.6 is 23.1 Å². The summed E-state index contributed by atoms with van der Waals surface area (Å²) < 4.78 is 6.78. The van der Waals surface area contributed by atoms with E-state index in [-0.39, 0.29) is 11.7 Å². The number of ether oxygens (including phenoxy) is 1. The number of aryl methyl sites for hydroxylation is 1. The largest absolute Gasteiger partial charge is 0.468 e. The van der Waals surface area contributed by atoms with Crippen molar-refractivity contribution in [2.45, 2.75) is 18.1 Å². The lowest BCUT2D eigenvalue weighted by atomic mass is 10.1. The fourth-order valence-corrected chi connectivity index (χ4v) is 3.77. The lowest BCUT2D eigenvalue weighted by Gasteiger charge is -2.09. The van der Waals surface area contributed by atoms with Crippen LogP contribution in [0.15, 0.2) is 53.0 Å². The first-order valence-corrected chi connectivity index (χ1v) is 9.35. The molecule has 24 heavy (non-hydrogen) atoms. The molecule has 2 heterocycles. The highest BCUT2D eigenvalue weighted by atomic mass is 32.2. The maximum absolute atomic E-state index is 11.4. The van der Waals surface area contributed by atoms with E-state index in [4.69, 9.17) is 4.74 Å². The Balaban J connectivity index is 1.82. The number of thiophene rings is 1. The number of hydrogen-bond acceptors (Lipinski definition) is 6. The van der Waals surface area contributed by atoms with Crippen molar-refractivity contribution in [2.24, 2.45) is 0 Å². The van der Waals surface area contributed by atoms with Crippen molar-refractivity contribution in [3.63, 3.8) is 0 Å². The van der Waals surface area contributed by atoms with E-state index in [0.717, 1.165) is 28.8 Å². The second-order valence-corrected chi connectivity index (χ2v) is 6.93. The van der Waals surface area contributed by atoms with E-state index >= 15 is 0 Å². The van der Waals surface area contributed by atoms with Crippen molar-refractivity contribution in [3.05, 3.63) is 53.4 Å². The molecule has 0 saturated carbocycles. The molecule has 1 aromatic carbocycles. The summed E-state index contributed by atoms with van der Waals surface area (Å²) in [6, 6.07) is 14.3. The summed E-state index contributed by atoms with van der Waals surface area (Å²) >= 11 is 2.98. The molecule has 5 nitrogen and oxygen atoms in total. The van der Waals surface area contributed by atoms with E-state index < -0.39 is 0 Å². The molecule has 0 aliphatic rings. The van der Waals surface area contributed by atoms with Gasteiger partial charge in [-0.1, -0.05) is 48.2 Å². The molecule has 0 spiro atoms. The van der Waals surface area contributed by atoms with Gasteiger partial charge in [-0.05, 0) is 23.4 Å². The van der Waals surface area contributed by atoms with Gasteiger partial charge < -0.3 is 9.30 Å². The summed E-state index contributed by atoms with van der Waals surface area (Å²) in [5, 5.41) is 11.3. The van der Waals surface area contributed by atoms with E-state index in [1.54, 1.807) is 11.3 Å². The molecule has 0 N–H and O–H groups in total. The summed E-state index contributed by atoms with van der Waals surface area (Å²) in [4.78, 5) is 12.5. The number of methoxy groups -OCH3 is 1. The molecule has 3 rings (SSSR count). The second kappa shape index (κ2) is 8.12. The zero-order chi connectivity index (χ0) is 16.8. The van der Waals surface area contributed by atoms with Crippen LogP contribution in [0.3, 0.4) is 0 Å². The Morgan fingerprint density at radius 1 is 1.21 bits per heavy atom. The maximum Gasteiger partial charge on any atom is 0.316 e. The number of carbonyl (C=O) groups excluding carboxylic acids is 1. The molecule has 0 saturated heterocycles. The molecule has 0 unspecified atom stereocenters. The second-order valence-electron chi connectivity index (χ2n) is 5.04. The average Bonchev–Trinajstić information content (AvgIpc) is 3.28. The summed E-state index contributed by atoms with van der Waals surface area (Å²) in [7, 11) is 1.39. The third-order valence-electron chi connectivity index (χ3n) is 3.47. The predicted molar refractivity (Wildman–Crippen MR) is 96.2 cm³/mol. The molecule has 0 bridgehead atoms. The molecule has 0 aliphatic heterocycles. The van der Waals surface area contributed by atoms with Crippen LogP contribution in [-0.4, -0.2) is 33.6 Å². The summed E-state index contributed by atoms with van der Waals surface area (Å²) in [5.41, 5.74) is 1.26. The first-order valence-electron chi connectivity index (χ1n) is 7.48. The molecule has 0 radical (unpaired) electrons. The van der Waals surface area contributed by atoms with Gasteiger partial charge in [0.2, 0.25) is 0 Å². The predicted octanol–water partition coefficient (Wildman–Crippen LogP) is 3.51. The molecular weight excluding hydrogens is 342 g/mol. The van der Waals surface area contributed by atoms with Gasteiger partial charge in [0.15, 0.2) is 11.0 Å². The van der Waals surface area contributed by atoms with Gasteiger partial charge in [-0.15, -0.1) is 21.5 Å². The molecule has 3 aromatic rings. The van der Waals surface area contributed by atoms with Crippen LogP contribution < -0.4 is 0 Å². The Morgan fingerprint density at radius 3 is 2.75 bits per heavy atom. The molecule has 2 aromatic heterocycles. The van der Waals surface area contributed by atoms with E-state index in [2.05, 4.69) is 26.9 Å². The van der Waals surface area contributed by atoms with E-state index in [1.807, 2.05) is 35.7 Å². The van der Waals surface area contributed by atoms with Crippen LogP contribution in [0, 0.1) is 0 Å². The molecule has 0 aliphatic carbocycles. The lowest BCUT2D eigenvalue weighted by Crippen LogP contribution is -2.08. The Kier molecular flexibility index (Phi) is 5.66. The minimum atomic E-state index is -0.268. The van der Waals surface area contributed by atoms with Crippen molar-refractivity contribution in [1.82, 2.24) is 14.8 Å². The molecule has 7 heteroatoms. The fraction of sp³-hybridized carbons (Fsp3) is 0.235. The van der Waals surface area contributed by atoms with Crippen LogP contribution in [0.1, 0.15) is 5.56 Å². The van der Waals surface area contributed by atoms with Gasteiger partial charge in [0.05, 0.1) is 17.7 Å². The molecule has 0 amide bonds. The minimum absolute atomic E-state index is 0.227. The van der Waals surface area contributed by atoms with Gasteiger partial charge >= 0.3 is 5.97 Å². The Hall–Kier alpha value is -2.12. The standard InChI is InChI=1S/C17H17N3O2S2/c1-22-15(21)12-24-17-19-18-16(14-8-5-11-23-14)20(17)10-9-13-6-3-2-4-7-13/h2-8,11H,9-10,12H2,1H3. The smallest absolute Gasteiger partial charge is 0.316 e. The molecule has 0 fully saturated rings. The zero-order valence-corrected chi connectivity index (χ0v) is 14.8. The topological polar surface area (TPSA) is 57.0 Å². The lowest BCUT2D eigenvalue weighted by molar-refractivity contribution is -0.137. The summed E-state index contributed by atoms with van der Waals surface area (Å²) in [6.07, 6.45) is 0.878. The molecular formula is C17H17N3O2S2. The van der Waals surface area contributed by atoms with E-state index in [9.17, 15) is 4.79 Å². The average molecular weight is 359 g/mol. The number of carbonyl (C=O) groups is 1. The summed E-state index contributed by atoms with van der Waals surface area (Å²) in [6.45, 7) is 0.758. The highest BCUT2D eigenvalue weighted by Gasteiger charge is 2.16. The van der Waals surface area contributed by atoms with Crippen LogP contribution in [0.2, 0.25) is 0 Å². The quantitative estimate of drug-likeness (QED) is 0.477. The maximum atomic E-state index is 11.4. The van der Waals surface area contributed by atoms with Crippen LogP contribution in [0.25, 0.3) is 10.7 Å². The van der Waals surface area contributed by atoms with Crippen molar-refractivity contribution >= 4 is 29.1 Å². The highest BCUT2D eigenvalue weighted by Crippen LogP contribution is 2.27. The highest BCUT2D eigenvalue weighted by molar-refractivity contribution is 7.99. The van der Waals surface area contributed by atoms with Crippen molar-refractivity contribution in [3.8, 4) is 10.7 Å². The first-order chi connectivity index (χ1) is 11.8. The monoisotopic (exact) mass is 359 g/mol. The molecule has 124 valence electrons. The third kappa shape index (κ3) is 4.04. The number of esters is 1. The van der Waals surface area contributed by atoms with Crippen LogP contribution in [-0.2, 0) is 22.5 Å². The van der Waals surface area contributed by atoms with Crippen LogP contribution in [0.4, 0.5) is 0 Å². The fourth-order valence-electron chi connectivity index (χ4n) is 2.25. The van der Waals surface area contributed by atoms with Crippen molar-refractivity contribution in [2.75, 3.05) is 12.9 Å². The third-order valence-corrected chi connectivity index (χ3v) is 5.28. The normalized spacial score (nSPS) is 10.7. The van der Waals surface area contributed by atoms with E-state index in [1.165, 1.54) is 24.4 Å². The summed E-state index contributed by atoms with van der Waals surface area (Å²) in [5.74, 6) is 0.799. The number of aromatic nitrogens is 3. The number of rotatable bonds is 7. The Labute approximate surface area is 148 Å². The SMILES string of the molecule is COC(=O)CSc1nnc(-c2cccs2)n1CCc1ccccc1. The van der Waals surface area contributed by atoms with Crippen molar-refractivity contribution < 1.29 is 9.53 Å². The van der Waals surface area contributed by atoms with Gasteiger partial charge in [0, 0.05) is 6.54 Å². The van der Waals surface area contributed by atoms with Crippen molar-refractivity contribution in [1.29, 1.82) is 0 Å².